The third kappa shape index (κ3) is 4.14. The van der Waals surface area contributed by atoms with E-state index in [2.05, 4.69) is 15.5 Å². The second-order valence-corrected chi connectivity index (χ2v) is 5.94. The molecule has 0 fully saturated rings. The summed E-state index contributed by atoms with van der Waals surface area (Å²) in [5, 5.41) is 14.4. The van der Waals surface area contributed by atoms with Crippen molar-refractivity contribution >= 4 is 34.5 Å². The summed E-state index contributed by atoms with van der Waals surface area (Å²) in [7, 11) is 1.69. The van der Waals surface area contributed by atoms with Gasteiger partial charge in [0.25, 0.3) is 0 Å². The molecule has 20 heavy (non-hydrogen) atoms. The molecule has 0 atom stereocenters. The molecule has 0 aliphatic carbocycles. The molecule has 2 rings (SSSR count). The molecule has 0 unspecified atom stereocenters. The van der Waals surface area contributed by atoms with Gasteiger partial charge in [-0.1, -0.05) is 46.7 Å². The average molecular weight is 332 g/mol. The molecule has 1 N–H and O–H groups in total. The summed E-state index contributed by atoms with van der Waals surface area (Å²) in [4.78, 5) is 0. The first-order valence-electron chi connectivity index (χ1n) is 6.19. The van der Waals surface area contributed by atoms with Crippen molar-refractivity contribution in [1.29, 1.82) is 0 Å². The van der Waals surface area contributed by atoms with Gasteiger partial charge < -0.3 is 10.1 Å². The first-order chi connectivity index (χ1) is 9.72. The fourth-order valence-electron chi connectivity index (χ4n) is 1.63. The van der Waals surface area contributed by atoms with Gasteiger partial charge in [-0.25, -0.2) is 0 Å². The molecule has 0 saturated carbocycles. The van der Waals surface area contributed by atoms with Gasteiger partial charge in [0, 0.05) is 32.2 Å². The van der Waals surface area contributed by atoms with Crippen LogP contribution >= 0.6 is 34.5 Å². The Morgan fingerprint density at radius 3 is 2.90 bits per heavy atom. The zero-order valence-corrected chi connectivity index (χ0v) is 13.4. The lowest BCUT2D eigenvalue weighted by molar-refractivity contribution is 0.199. The van der Waals surface area contributed by atoms with Gasteiger partial charge in [-0.15, -0.1) is 10.2 Å². The molecular weight excluding hydrogens is 317 g/mol. The molecule has 1 aromatic heterocycles. The van der Waals surface area contributed by atoms with Gasteiger partial charge in [-0.3, -0.25) is 0 Å². The largest absolute Gasteiger partial charge is 0.383 e. The summed E-state index contributed by atoms with van der Waals surface area (Å²) in [6, 6.07) is 5.52. The zero-order chi connectivity index (χ0) is 14.4. The molecule has 0 saturated heterocycles. The van der Waals surface area contributed by atoms with Crippen LogP contribution in [0.2, 0.25) is 10.0 Å². The fourth-order valence-corrected chi connectivity index (χ4v) is 2.94. The van der Waals surface area contributed by atoms with Crippen LogP contribution in [-0.4, -0.2) is 37.0 Å². The predicted molar refractivity (Wildman–Crippen MR) is 83.8 cm³/mol. The molecule has 0 spiro atoms. The number of hydrogen-bond donors (Lipinski definition) is 1. The van der Waals surface area contributed by atoms with E-state index >= 15 is 0 Å². The smallest absolute Gasteiger partial charge is 0.149 e. The second-order valence-electron chi connectivity index (χ2n) is 4.10. The Labute approximate surface area is 132 Å². The Balaban J connectivity index is 1.97. The molecular formula is C13H15Cl2N3OS. The number of benzene rings is 1. The molecule has 0 aliphatic heterocycles. The van der Waals surface area contributed by atoms with E-state index in [1.807, 2.05) is 12.1 Å². The number of rotatable bonds is 7. The maximum atomic E-state index is 6.18. The first-order valence-corrected chi connectivity index (χ1v) is 7.76. The first kappa shape index (κ1) is 15.7. The lowest BCUT2D eigenvalue weighted by Gasteiger charge is -2.01. The molecule has 1 heterocycles. The van der Waals surface area contributed by atoms with Crippen LogP contribution in [0.3, 0.4) is 0 Å². The number of nitrogens with one attached hydrogen (secondary N) is 1. The maximum Gasteiger partial charge on any atom is 0.149 e. The molecule has 0 aliphatic rings. The minimum Gasteiger partial charge on any atom is -0.383 e. The minimum atomic E-state index is 0.523. The summed E-state index contributed by atoms with van der Waals surface area (Å²) >= 11 is 13.7. The summed E-state index contributed by atoms with van der Waals surface area (Å²) in [6.45, 7) is 2.39. The average Bonchev–Trinajstić information content (AvgIpc) is 2.90. The van der Waals surface area contributed by atoms with Crippen LogP contribution in [0, 0.1) is 0 Å². The fraction of sp³-hybridized carbons (Fsp3) is 0.385. The van der Waals surface area contributed by atoms with Gasteiger partial charge in [-0.05, 0) is 6.07 Å². The van der Waals surface area contributed by atoms with E-state index in [1.165, 1.54) is 11.3 Å². The van der Waals surface area contributed by atoms with Crippen LogP contribution < -0.4 is 5.32 Å². The van der Waals surface area contributed by atoms with Crippen molar-refractivity contribution in [1.82, 2.24) is 15.5 Å². The highest BCUT2D eigenvalue weighted by Gasteiger charge is 2.11. The van der Waals surface area contributed by atoms with Crippen molar-refractivity contribution in [2.24, 2.45) is 0 Å². The van der Waals surface area contributed by atoms with E-state index in [1.54, 1.807) is 13.2 Å². The molecule has 0 radical (unpaired) electrons. The highest BCUT2D eigenvalue weighted by molar-refractivity contribution is 7.14. The Bertz CT molecular complexity index is 562. The highest BCUT2D eigenvalue weighted by atomic mass is 35.5. The van der Waals surface area contributed by atoms with Gasteiger partial charge in [0.1, 0.15) is 10.0 Å². The number of nitrogens with zero attached hydrogens (tertiary/aromatic N) is 2. The monoisotopic (exact) mass is 331 g/mol. The van der Waals surface area contributed by atoms with E-state index in [0.29, 0.717) is 16.7 Å². The molecule has 2 aromatic rings. The molecule has 4 nitrogen and oxygen atoms in total. The number of hydrogen-bond acceptors (Lipinski definition) is 5. The van der Waals surface area contributed by atoms with Crippen LogP contribution in [0.4, 0.5) is 0 Å². The van der Waals surface area contributed by atoms with Crippen LogP contribution in [0.5, 0.6) is 0 Å². The van der Waals surface area contributed by atoms with E-state index < -0.39 is 0 Å². The van der Waals surface area contributed by atoms with Crippen molar-refractivity contribution < 1.29 is 4.74 Å². The van der Waals surface area contributed by atoms with Gasteiger partial charge in [-0.2, -0.15) is 0 Å². The maximum absolute atomic E-state index is 6.18. The number of methoxy groups -OCH3 is 1. The topological polar surface area (TPSA) is 47.0 Å². The lowest BCUT2D eigenvalue weighted by atomic mass is 10.2. The minimum absolute atomic E-state index is 0.523. The zero-order valence-electron chi connectivity index (χ0n) is 11.0. The van der Waals surface area contributed by atoms with Crippen LogP contribution in [-0.2, 0) is 11.2 Å². The summed E-state index contributed by atoms with van der Waals surface area (Å²) in [5.74, 6) is 0. The summed E-state index contributed by atoms with van der Waals surface area (Å²) in [5.41, 5.74) is 0.829. The van der Waals surface area contributed by atoms with Crippen LogP contribution in [0.25, 0.3) is 10.6 Å². The molecule has 108 valence electrons. The van der Waals surface area contributed by atoms with E-state index in [4.69, 9.17) is 27.9 Å². The Morgan fingerprint density at radius 1 is 1.25 bits per heavy atom. The van der Waals surface area contributed by atoms with E-state index in [9.17, 15) is 0 Å². The number of ether oxygens (including phenoxy) is 1. The number of aromatic nitrogens is 2. The molecule has 1 aromatic carbocycles. The van der Waals surface area contributed by atoms with E-state index in [-0.39, 0.29) is 0 Å². The van der Waals surface area contributed by atoms with Crippen LogP contribution in [0.15, 0.2) is 18.2 Å². The molecule has 0 amide bonds. The van der Waals surface area contributed by atoms with Crippen LogP contribution in [0.1, 0.15) is 5.01 Å². The Kier molecular flexibility index (Phi) is 6.19. The quantitative estimate of drug-likeness (QED) is 0.791. The van der Waals surface area contributed by atoms with Gasteiger partial charge in [0.15, 0.2) is 0 Å². The van der Waals surface area contributed by atoms with E-state index in [0.717, 1.165) is 35.1 Å². The van der Waals surface area contributed by atoms with Crippen molar-refractivity contribution in [2.75, 3.05) is 26.8 Å². The van der Waals surface area contributed by atoms with Crippen molar-refractivity contribution in [2.45, 2.75) is 6.42 Å². The molecule has 7 heteroatoms. The summed E-state index contributed by atoms with van der Waals surface area (Å²) in [6.07, 6.45) is 0.833. The SMILES string of the molecule is COCCNCCc1nnc(-c2cccc(Cl)c2Cl)s1. The Hall–Kier alpha value is -0.720. The normalized spacial score (nSPS) is 10.9. The van der Waals surface area contributed by atoms with Crippen molar-refractivity contribution in [3.63, 3.8) is 0 Å². The predicted octanol–water partition coefficient (Wildman–Crippen LogP) is 3.29. The van der Waals surface area contributed by atoms with Gasteiger partial charge >= 0.3 is 0 Å². The summed E-state index contributed by atoms with van der Waals surface area (Å²) < 4.78 is 4.97. The van der Waals surface area contributed by atoms with Crippen molar-refractivity contribution in [3.8, 4) is 10.6 Å². The number of halogens is 2. The second kappa shape index (κ2) is 7.90. The van der Waals surface area contributed by atoms with Crippen molar-refractivity contribution in [3.05, 3.63) is 33.3 Å². The molecule has 0 bridgehead atoms. The lowest BCUT2D eigenvalue weighted by Crippen LogP contribution is -2.21. The highest BCUT2D eigenvalue weighted by Crippen LogP contribution is 2.34. The van der Waals surface area contributed by atoms with Gasteiger partial charge in [0.2, 0.25) is 0 Å². The third-order valence-electron chi connectivity index (χ3n) is 2.65. The third-order valence-corrected chi connectivity index (χ3v) is 4.48. The Morgan fingerprint density at radius 2 is 2.10 bits per heavy atom. The van der Waals surface area contributed by atoms with Gasteiger partial charge in [0.05, 0.1) is 16.7 Å². The standard InChI is InChI=1S/C13H15Cl2N3OS/c1-19-8-7-16-6-5-11-17-18-13(20-11)9-3-2-4-10(14)12(9)15/h2-4,16H,5-8H2,1H3.